The first-order valence-electron chi connectivity index (χ1n) is 7.81. The number of fused-ring (bicyclic) bond motifs is 1. The standard InChI is InChI=1S/C12H16O2.C3H9N.C2H6/c1-2-8-3-4-9-5-6-11(13)12(14)10(9)7-8;1-3-4-2;1-2/h5-6,8,13-14H,2-4,7H2,1H3;4H,3H2,1-2H3;1-2H3. The highest BCUT2D eigenvalue weighted by atomic mass is 16.3. The van der Waals surface area contributed by atoms with Crippen molar-refractivity contribution < 1.29 is 10.2 Å². The molecule has 2 rings (SSSR count). The molecule has 0 radical (unpaired) electrons. The van der Waals surface area contributed by atoms with Crippen LogP contribution in [0.1, 0.15) is 51.7 Å². The monoisotopic (exact) mass is 281 g/mol. The Labute approximate surface area is 124 Å². The highest BCUT2D eigenvalue weighted by molar-refractivity contribution is 5.50. The van der Waals surface area contributed by atoms with Crippen LogP contribution in [0.3, 0.4) is 0 Å². The van der Waals surface area contributed by atoms with E-state index in [0.717, 1.165) is 31.4 Å². The van der Waals surface area contributed by atoms with Crippen LogP contribution in [-0.2, 0) is 12.8 Å². The molecule has 3 nitrogen and oxygen atoms in total. The summed E-state index contributed by atoms with van der Waals surface area (Å²) in [4.78, 5) is 0. The molecule has 0 aliphatic heterocycles. The van der Waals surface area contributed by atoms with Gasteiger partial charge in [-0.2, -0.15) is 0 Å². The largest absolute Gasteiger partial charge is 0.504 e. The van der Waals surface area contributed by atoms with Crippen LogP contribution in [0.15, 0.2) is 12.1 Å². The van der Waals surface area contributed by atoms with E-state index >= 15 is 0 Å². The van der Waals surface area contributed by atoms with E-state index in [4.69, 9.17) is 0 Å². The molecule has 1 atom stereocenters. The number of hydrogen-bond acceptors (Lipinski definition) is 3. The third-order valence-corrected chi connectivity index (χ3v) is 3.60. The quantitative estimate of drug-likeness (QED) is 0.721. The third-order valence-electron chi connectivity index (χ3n) is 3.60. The second kappa shape index (κ2) is 10.6. The number of nitrogens with one attached hydrogen (secondary N) is 1. The molecular formula is C17H31NO2. The van der Waals surface area contributed by atoms with Gasteiger partial charge in [0.05, 0.1) is 0 Å². The molecule has 116 valence electrons. The van der Waals surface area contributed by atoms with Crippen LogP contribution in [0.2, 0.25) is 0 Å². The summed E-state index contributed by atoms with van der Waals surface area (Å²) in [5, 5.41) is 22.0. The summed E-state index contributed by atoms with van der Waals surface area (Å²) < 4.78 is 0. The summed E-state index contributed by atoms with van der Waals surface area (Å²) in [6, 6.07) is 3.51. The van der Waals surface area contributed by atoms with Crippen molar-refractivity contribution in [3.05, 3.63) is 23.3 Å². The van der Waals surface area contributed by atoms with E-state index in [1.54, 1.807) is 6.07 Å². The van der Waals surface area contributed by atoms with Gasteiger partial charge in [0.15, 0.2) is 11.5 Å². The van der Waals surface area contributed by atoms with E-state index in [1.807, 2.05) is 27.0 Å². The molecule has 0 heterocycles. The Bertz CT molecular complexity index is 375. The topological polar surface area (TPSA) is 52.5 Å². The van der Waals surface area contributed by atoms with Gasteiger partial charge in [-0.05, 0) is 50.4 Å². The third kappa shape index (κ3) is 5.41. The van der Waals surface area contributed by atoms with Crippen LogP contribution < -0.4 is 5.32 Å². The lowest BCUT2D eigenvalue weighted by molar-refractivity contribution is 0.380. The maximum atomic E-state index is 9.71. The van der Waals surface area contributed by atoms with Gasteiger partial charge in [-0.1, -0.05) is 40.2 Å². The van der Waals surface area contributed by atoms with Crippen molar-refractivity contribution >= 4 is 0 Å². The number of rotatable bonds is 2. The molecule has 3 heteroatoms. The van der Waals surface area contributed by atoms with Crippen molar-refractivity contribution in [3.63, 3.8) is 0 Å². The van der Waals surface area contributed by atoms with Crippen LogP contribution in [0, 0.1) is 5.92 Å². The Hall–Kier alpha value is -1.22. The predicted molar refractivity (Wildman–Crippen MR) is 86.5 cm³/mol. The Kier molecular flexibility index (Phi) is 9.91. The molecule has 0 saturated heterocycles. The Morgan fingerprint density at radius 3 is 2.30 bits per heavy atom. The van der Waals surface area contributed by atoms with Gasteiger partial charge in [-0.25, -0.2) is 0 Å². The molecule has 0 amide bonds. The molecule has 0 spiro atoms. The van der Waals surface area contributed by atoms with Gasteiger partial charge in [-0.15, -0.1) is 0 Å². The molecule has 0 bridgehead atoms. The normalized spacial score (nSPS) is 16.1. The molecule has 0 fully saturated rings. The first kappa shape index (κ1) is 18.8. The zero-order valence-electron chi connectivity index (χ0n) is 13.7. The Balaban J connectivity index is 0.000000521. The fourth-order valence-electron chi connectivity index (χ4n) is 2.23. The van der Waals surface area contributed by atoms with Gasteiger partial charge in [0, 0.05) is 5.56 Å². The van der Waals surface area contributed by atoms with E-state index in [-0.39, 0.29) is 11.5 Å². The average Bonchev–Trinajstić information content (AvgIpc) is 2.53. The number of phenolic OH excluding ortho intramolecular Hbond substituents is 2. The van der Waals surface area contributed by atoms with E-state index < -0.39 is 0 Å². The number of aromatic hydroxyl groups is 2. The molecule has 0 saturated carbocycles. The van der Waals surface area contributed by atoms with Crippen LogP contribution in [-0.4, -0.2) is 23.8 Å². The Morgan fingerprint density at radius 1 is 1.20 bits per heavy atom. The zero-order chi connectivity index (χ0) is 15.5. The molecule has 3 N–H and O–H groups in total. The molecule has 1 aromatic rings. The molecule has 1 aliphatic carbocycles. The van der Waals surface area contributed by atoms with Crippen molar-refractivity contribution in [3.8, 4) is 11.5 Å². The van der Waals surface area contributed by atoms with E-state index in [9.17, 15) is 10.2 Å². The van der Waals surface area contributed by atoms with Crippen LogP contribution in [0.4, 0.5) is 0 Å². The smallest absolute Gasteiger partial charge is 0.160 e. The minimum absolute atomic E-state index is 0.0144. The van der Waals surface area contributed by atoms with Gasteiger partial charge in [0.2, 0.25) is 0 Å². The van der Waals surface area contributed by atoms with Crippen LogP contribution in [0.5, 0.6) is 11.5 Å². The predicted octanol–water partition coefficient (Wildman–Crippen LogP) is 3.86. The lowest BCUT2D eigenvalue weighted by Gasteiger charge is -2.24. The highest BCUT2D eigenvalue weighted by Crippen LogP contribution is 2.37. The number of phenols is 2. The van der Waals surface area contributed by atoms with Crippen molar-refractivity contribution in [2.75, 3.05) is 13.6 Å². The van der Waals surface area contributed by atoms with Crippen molar-refractivity contribution in [1.29, 1.82) is 0 Å². The maximum Gasteiger partial charge on any atom is 0.160 e. The lowest BCUT2D eigenvalue weighted by atomic mass is 9.82. The van der Waals surface area contributed by atoms with Crippen LogP contribution >= 0.6 is 0 Å². The average molecular weight is 281 g/mol. The highest BCUT2D eigenvalue weighted by Gasteiger charge is 2.21. The minimum Gasteiger partial charge on any atom is -0.504 e. The van der Waals surface area contributed by atoms with Crippen molar-refractivity contribution in [1.82, 2.24) is 5.32 Å². The summed E-state index contributed by atoms with van der Waals surface area (Å²) in [6.07, 6.45) is 4.29. The van der Waals surface area contributed by atoms with Gasteiger partial charge in [-0.3, -0.25) is 0 Å². The molecule has 1 aliphatic rings. The van der Waals surface area contributed by atoms with Gasteiger partial charge < -0.3 is 15.5 Å². The molecule has 0 aromatic heterocycles. The zero-order valence-corrected chi connectivity index (χ0v) is 13.7. The summed E-state index contributed by atoms with van der Waals surface area (Å²) in [6.45, 7) is 9.31. The lowest BCUT2D eigenvalue weighted by Crippen LogP contribution is -2.13. The fourth-order valence-corrected chi connectivity index (χ4v) is 2.23. The first-order chi connectivity index (χ1) is 9.63. The summed E-state index contributed by atoms with van der Waals surface area (Å²) in [5.74, 6) is 0.774. The Morgan fingerprint density at radius 2 is 1.80 bits per heavy atom. The number of hydrogen-bond donors (Lipinski definition) is 3. The maximum absolute atomic E-state index is 9.71. The van der Waals surface area contributed by atoms with E-state index in [1.165, 1.54) is 12.0 Å². The molecule has 1 unspecified atom stereocenters. The number of benzene rings is 1. The van der Waals surface area contributed by atoms with E-state index in [2.05, 4.69) is 19.2 Å². The van der Waals surface area contributed by atoms with Crippen molar-refractivity contribution in [2.45, 2.75) is 53.4 Å². The summed E-state index contributed by atoms with van der Waals surface area (Å²) in [5.41, 5.74) is 2.16. The fraction of sp³-hybridized carbons (Fsp3) is 0.647. The molecule has 20 heavy (non-hydrogen) atoms. The second-order valence-corrected chi connectivity index (χ2v) is 4.80. The van der Waals surface area contributed by atoms with Gasteiger partial charge in [0.25, 0.3) is 0 Å². The molecule has 1 aromatic carbocycles. The molecular weight excluding hydrogens is 250 g/mol. The number of aryl methyl sites for hydroxylation is 1. The minimum atomic E-state index is 0.0144. The van der Waals surface area contributed by atoms with Crippen LogP contribution in [0.25, 0.3) is 0 Å². The second-order valence-electron chi connectivity index (χ2n) is 4.80. The summed E-state index contributed by atoms with van der Waals surface area (Å²) >= 11 is 0. The summed E-state index contributed by atoms with van der Waals surface area (Å²) in [7, 11) is 1.93. The first-order valence-corrected chi connectivity index (χ1v) is 7.81. The van der Waals surface area contributed by atoms with E-state index in [0.29, 0.717) is 5.92 Å². The SMILES string of the molecule is CC.CCC1CCc2ccc(O)c(O)c2C1.CCNC. The van der Waals surface area contributed by atoms with Gasteiger partial charge in [0.1, 0.15) is 0 Å². The van der Waals surface area contributed by atoms with Crippen molar-refractivity contribution in [2.24, 2.45) is 5.92 Å². The van der Waals surface area contributed by atoms with Gasteiger partial charge >= 0.3 is 0 Å².